The van der Waals surface area contributed by atoms with Gasteiger partial charge in [0.05, 0.1) is 6.42 Å². The van der Waals surface area contributed by atoms with E-state index in [0.717, 1.165) is 6.26 Å². The third-order valence-corrected chi connectivity index (χ3v) is 5.54. The number of rotatable bonds is 7. The second-order valence-electron chi connectivity index (χ2n) is 5.71. The summed E-state index contributed by atoms with van der Waals surface area (Å²) < 4.78 is 21.7. The minimum absolute atomic E-state index is 0.00913. The van der Waals surface area contributed by atoms with Crippen LogP contribution in [-0.4, -0.2) is 48.9 Å². The van der Waals surface area contributed by atoms with Crippen molar-refractivity contribution >= 4 is 33.3 Å². The Balaban J connectivity index is 2.73. The van der Waals surface area contributed by atoms with Crippen LogP contribution in [0, 0.1) is 0 Å². The fraction of sp³-hybridized carbons (Fsp3) is 0.400. The lowest BCUT2D eigenvalue weighted by Gasteiger charge is -2.21. The van der Waals surface area contributed by atoms with Crippen molar-refractivity contribution in [2.45, 2.75) is 25.0 Å². The molecule has 0 unspecified atom stereocenters. The number of sulfone groups is 1. The minimum Gasteiger partial charge on any atom is -0.481 e. The van der Waals surface area contributed by atoms with Crippen molar-refractivity contribution in [3.05, 3.63) is 29.8 Å². The molecule has 0 radical (unpaired) electrons. The summed E-state index contributed by atoms with van der Waals surface area (Å²) in [5.41, 5.74) is 0.638. The van der Waals surface area contributed by atoms with Crippen LogP contribution in [0.1, 0.15) is 30.6 Å². The summed E-state index contributed by atoms with van der Waals surface area (Å²) >= 11 is 0. The SMILES string of the molecule is CC(C)(C(=O)Nc1ccc(C(=O)NCCC(=O)O)cc1)S(C)(=O)=O. The number of carboxylic acid groups (broad SMARTS) is 1. The van der Waals surface area contributed by atoms with E-state index in [4.69, 9.17) is 5.11 Å². The first-order valence-electron chi connectivity index (χ1n) is 7.06. The number of carbonyl (C=O) groups excluding carboxylic acids is 2. The first-order chi connectivity index (χ1) is 10.9. The van der Waals surface area contributed by atoms with Gasteiger partial charge in [-0.05, 0) is 38.1 Å². The van der Waals surface area contributed by atoms with Crippen molar-refractivity contribution < 1.29 is 27.9 Å². The molecule has 2 amide bonds. The molecule has 0 saturated heterocycles. The highest BCUT2D eigenvalue weighted by atomic mass is 32.2. The molecule has 0 atom stereocenters. The van der Waals surface area contributed by atoms with E-state index in [0.29, 0.717) is 11.3 Å². The van der Waals surface area contributed by atoms with E-state index in [1.165, 1.54) is 38.1 Å². The van der Waals surface area contributed by atoms with Crippen molar-refractivity contribution in [2.24, 2.45) is 0 Å². The van der Waals surface area contributed by atoms with Crippen molar-refractivity contribution in [2.75, 3.05) is 18.1 Å². The predicted octanol–water partition coefficient (Wildman–Crippen LogP) is 0.653. The van der Waals surface area contributed by atoms with Gasteiger partial charge in [-0.25, -0.2) is 8.42 Å². The van der Waals surface area contributed by atoms with Gasteiger partial charge in [0.1, 0.15) is 4.75 Å². The number of hydrogen-bond donors (Lipinski definition) is 3. The Hall–Kier alpha value is -2.42. The monoisotopic (exact) mass is 356 g/mol. The van der Waals surface area contributed by atoms with Gasteiger partial charge >= 0.3 is 5.97 Å². The molecule has 3 N–H and O–H groups in total. The van der Waals surface area contributed by atoms with E-state index in [-0.39, 0.29) is 13.0 Å². The maximum Gasteiger partial charge on any atom is 0.305 e. The van der Waals surface area contributed by atoms with Gasteiger partial charge in [0.2, 0.25) is 5.91 Å². The Morgan fingerprint density at radius 2 is 1.67 bits per heavy atom. The summed E-state index contributed by atoms with van der Waals surface area (Å²) in [7, 11) is -3.58. The topological polar surface area (TPSA) is 130 Å². The summed E-state index contributed by atoms with van der Waals surface area (Å²) in [6.07, 6.45) is 0.803. The van der Waals surface area contributed by atoms with Gasteiger partial charge in [-0.1, -0.05) is 0 Å². The molecule has 0 fully saturated rings. The van der Waals surface area contributed by atoms with Crippen molar-refractivity contribution in [1.82, 2.24) is 5.32 Å². The summed E-state index contributed by atoms with van der Waals surface area (Å²) in [6.45, 7) is 2.62. The average molecular weight is 356 g/mol. The Kier molecular flexibility index (Phi) is 6.08. The van der Waals surface area contributed by atoms with Crippen LogP contribution >= 0.6 is 0 Å². The van der Waals surface area contributed by atoms with E-state index < -0.39 is 32.4 Å². The number of aliphatic carboxylic acids is 1. The van der Waals surface area contributed by atoms with Gasteiger partial charge in [0, 0.05) is 24.1 Å². The van der Waals surface area contributed by atoms with Crippen LogP contribution in [0.4, 0.5) is 5.69 Å². The maximum atomic E-state index is 12.1. The summed E-state index contributed by atoms with van der Waals surface area (Å²) in [4.78, 5) is 34.2. The Bertz CT molecular complexity index is 738. The molecule has 0 heterocycles. The van der Waals surface area contributed by atoms with Crippen LogP contribution in [0.3, 0.4) is 0 Å². The van der Waals surface area contributed by atoms with Crippen LogP contribution in [0.15, 0.2) is 24.3 Å². The Morgan fingerprint density at radius 3 is 2.12 bits per heavy atom. The molecule has 132 valence electrons. The molecule has 8 nitrogen and oxygen atoms in total. The van der Waals surface area contributed by atoms with E-state index in [1.54, 1.807) is 0 Å². The number of nitrogens with one attached hydrogen (secondary N) is 2. The third kappa shape index (κ3) is 5.05. The minimum atomic E-state index is -3.58. The molecule has 0 aliphatic heterocycles. The van der Waals surface area contributed by atoms with Crippen molar-refractivity contribution in [3.8, 4) is 0 Å². The normalized spacial score (nSPS) is 11.6. The smallest absolute Gasteiger partial charge is 0.305 e. The lowest BCUT2D eigenvalue weighted by Crippen LogP contribution is -2.43. The van der Waals surface area contributed by atoms with Gasteiger partial charge < -0.3 is 15.7 Å². The molecule has 0 aliphatic rings. The number of anilines is 1. The summed E-state index contributed by atoms with van der Waals surface area (Å²) in [5.74, 6) is -2.13. The molecule has 1 rings (SSSR count). The highest BCUT2D eigenvalue weighted by Gasteiger charge is 2.38. The van der Waals surface area contributed by atoms with Gasteiger partial charge in [0.15, 0.2) is 9.84 Å². The average Bonchev–Trinajstić information content (AvgIpc) is 2.46. The highest BCUT2D eigenvalue weighted by molar-refractivity contribution is 7.92. The van der Waals surface area contributed by atoms with Crippen LogP contribution in [0.2, 0.25) is 0 Å². The zero-order valence-electron chi connectivity index (χ0n) is 13.6. The van der Waals surface area contributed by atoms with Crippen LogP contribution < -0.4 is 10.6 Å². The Morgan fingerprint density at radius 1 is 1.12 bits per heavy atom. The first kappa shape index (κ1) is 19.6. The lowest BCUT2D eigenvalue weighted by atomic mass is 10.1. The second kappa shape index (κ2) is 7.43. The first-order valence-corrected chi connectivity index (χ1v) is 8.95. The Labute approximate surface area is 140 Å². The van der Waals surface area contributed by atoms with Gasteiger partial charge in [-0.2, -0.15) is 0 Å². The molecule has 1 aromatic carbocycles. The maximum absolute atomic E-state index is 12.1. The van der Waals surface area contributed by atoms with Crippen LogP contribution in [0.5, 0.6) is 0 Å². The molecule has 0 saturated carbocycles. The van der Waals surface area contributed by atoms with E-state index in [2.05, 4.69) is 10.6 Å². The molecular weight excluding hydrogens is 336 g/mol. The largest absolute Gasteiger partial charge is 0.481 e. The number of hydrogen-bond acceptors (Lipinski definition) is 5. The zero-order chi connectivity index (χ0) is 18.5. The van der Waals surface area contributed by atoms with Crippen LogP contribution in [0.25, 0.3) is 0 Å². The molecule has 9 heteroatoms. The molecule has 0 spiro atoms. The van der Waals surface area contributed by atoms with Crippen molar-refractivity contribution in [1.29, 1.82) is 0 Å². The van der Waals surface area contributed by atoms with Crippen LogP contribution in [-0.2, 0) is 19.4 Å². The standard InChI is InChI=1S/C15H20N2O6S/c1-15(2,24(3,22)23)14(21)17-11-6-4-10(5-7-11)13(20)16-9-8-12(18)19/h4-7H,8-9H2,1-3H3,(H,16,20)(H,17,21)(H,18,19). The number of carbonyl (C=O) groups is 3. The van der Waals surface area contributed by atoms with E-state index >= 15 is 0 Å². The third-order valence-electron chi connectivity index (χ3n) is 3.50. The van der Waals surface area contributed by atoms with Crippen molar-refractivity contribution in [3.63, 3.8) is 0 Å². The number of amides is 2. The van der Waals surface area contributed by atoms with Gasteiger partial charge in [0.25, 0.3) is 5.91 Å². The zero-order valence-corrected chi connectivity index (χ0v) is 14.4. The number of benzene rings is 1. The van der Waals surface area contributed by atoms with Gasteiger partial charge in [-0.3, -0.25) is 14.4 Å². The summed E-state index contributed by atoms with van der Waals surface area (Å²) in [6, 6.07) is 5.81. The lowest BCUT2D eigenvalue weighted by molar-refractivity contribution is -0.136. The molecule has 1 aromatic rings. The molecular formula is C15H20N2O6S. The quantitative estimate of drug-likeness (QED) is 0.658. The highest BCUT2D eigenvalue weighted by Crippen LogP contribution is 2.19. The molecule has 0 aromatic heterocycles. The molecule has 0 bridgehead atoms. The second-order valence-corrected chi connectivity index (χ2v) is 8.28. The summed E-state index contributed by atoms with van der Waals surface area (Å²) in [5, 5.41) is 13.4. The van der Waals surface area contributed by atoms with E-state index in [9.17, 15) is 22.8 Å². The van der Waals surface area contributed by atoms with E-state index in [1.807, 2.05) is 0 Å². The fourth-order valence-corrected chi connectivity index (χ4v) is 1.93. The number of carboxylic acids is 1. The molecule has 24 heavy (non-hydrogen) atoms. The predicted molar refractivity (Wildman–Crippen MR) is 88.6 cm³/mol. The fourth-order valence-electron chi connectivity index (χ4n) is 1.54. The van der Waals surface area contributed by atoms with Gasteiger partial charge in [-0.15, -0.1) is 0 Å². The molecule has 0 aliphatic carbocycles.